The third kappa shape index (κ3) is 3.47. The highest BCUT2D eigenvalue weighted by molar-refractivity contribution is 7.98. The van der Waals surface area contributed by atoms with Crippen molar-refractivity contribution in [2.24, 2.45) is 7.05 Å². The highest BCUT2D eigenvalue weighted by atomic mass is 32.2. The number of hydrogen-bond donors (Lipinski definition) is 1. The molecule has 0 radical (unpaired) electrons. The molecule has 0 unspecified atom stereocenters. The van der Waals surface area contributed by atoms with E-state index in [-0.39, 0.29) is 5.91 Å². The van der Waals surface area contributed by atoms with Crippen LogP contribution in [0.3, 0.4) is 0 Å². The van der Waals surface area contributed by atoms with E-state index in [1.54, 1.807) is 35.4 Å². The lowest BCUT2D eigenvalue weighted by atomic mass is 10.4. The topological polar surface area (TPSA) is 77.4 Å². The van der Waals surface area contributed by atoms with Gasteiger partial charge in [0.15, 0.2) is 15.9 Å². The van der Waals surface area contributed by atoms with Gasteiger partial charge in [-0.3, -0.25) is 9.20 Å². The predicted octanol–water partition coefficient (Wildman–Crippen LogP) is 2.94. The fourth-order valence-corrected chi connectivity index (χ4v) is 3.87. The Morgan fingerprint density at radius 3 is 3.12 bits per heavy atom. The number of nitrogens with one attached hydrogen (secondary N) is 1. The third-order valence-corrected chi connectivity index (χ3v) is 5.43. The van der Waals surface area contributed by atoms with Crippen LogP contribution in [0.15, 0.2) is 51.9 Å². The highest BCUT2D eigenvalue weighted by Crippen LogP contribution is 2.22. The Labute approximate surface area is 151 Å². The molecular formula is C16H15N5O2S2. The molecule has 1 amide bonds. The van der Waals surface area contributed by atoms with Crippen LogP contribution in [0.5, 0.6) is 0 Å². The van der Waals surface area contributed by atoms with Gasteiger partial charge in [0.25, 0.3) is 5.91 Å². The Balaban J connectivity index is 1.33. The van der Waals surface area contributed by atoms with E-state index in [1.807, 2.05) is 46.1 Å². The average molecular weight is 373 g/mol. The molecule has 4 aromatic rings. The fourth-order valence-electron chi connectivity index (χ4n) is 2.32. The Kier molecular flexibility index (Phi) is 4.33. The number of nitrogens with zero attached hydrogens (tertiary/aromatic N) is 4. The van der Waals surface area contributed by atoms with Crippen molar-refractivity contribution in [2.75, 3.05) is 0 Å². The number of rotatable bonds is 6. The van der Waals surface area contributed by atoms with Gasteiger partial charge in [0, 0.05) is 37.2 Å². The molecule has 0 saturated heterocycles. The molecule has 0 aliphatic rings. The molecular weight excluding hydrogens is 358 g/mol. The number of thiazole rings is 1. The molecule has 9 heteroatoms. The summed E-state index contributed by atoms with van der Waals surface area (Å²) in [6, 6.07) is 3.51. The minimum absolute atomic E-state index is 0.246. The zero-order valence-electron chi connectivity index (χ0n) is 13.4. The second-order valence-electron chi connectivity index (χ2n) is 5.38. The Bertz CT molecular complexity index is 984. The molecule has 0 spiro atoms. The molecule has 0 aromatic carbocycles. The van der Waals surface area contributed by atoms with Crippen molar-refractivity contribution >= 4 is 34.0 Å². The van der Waals surface area contributed by atoms with Crippen LogP contribution >= 0.6 is 23.1 Å². The standard InChI is InChI=1S/C16H15N5O2S2/c1-20-5-4-17-15(20)25-10-12-2-3-13(23-12)14(22)18-8-11-9-21-6-7-24-16(21)19-11/h2-7,9H,8,10H2,1H3,(H,18,22). The van der Waals surface area contributed by atoms with Crippen LogP contribution in [-0.4, -0.2) is 24.8 Å². The van der Waals surface area contributed by atoms with Gasteiger partial charge in [0.2, 0.25) is 0 Å². The second-order valence-corrected chi connectivity index (χ2v) is 7.20. The molecule has 0 fully saturated rings. The Morgan fingerprint density at radius 2 is 2.32 bits per heavy atom. The summed E-state index contributed by atoms with van der Waals surface area (Å²) < 4.78 is 9.50. The first-order chi connectivity index (χ1) is 12.2. The van der Waals surface area contributed by atoms with Crippen LogP contribution in [0.1, 0.15) is 22.0 Å². The highest BCUT2D eigenvalue weighted by Gasteiger charge is 2.13. The maximum absolute atomic E-state index is 12.2. The van der Waals surface area contributed by atoms with Crippen molar-refractivity contribution in [1.82, 2.24) is 24.3 Å². The van der Waals surface area contributed by atoms with Gasteiger partial charge in [0.05, 0.1) is 18.0 Å². The van der Waals surface area contributed by atoms with Gasteiger partial charge < -0.3 is 14.3 Å². The fraction of sp³-hybridized carbons (Fsp3) is 0.188. The number of imidazole rings is 2. The number of hydrogen-bond acceptors (Lipinski definition) is 6. The van der Waals surface area contributed by atoms with Gasteiger partial charge in [-0.05, 0) is 12.1 Å². The maximum Gasteiger partial charge on any atom is 0.287 e. The number of carbonyl (C=O) groups excluding carboxylic acids is 1. The molecule has 4 rings (SSSR count). The summed E-state index contributed by atoms with van der Waals surface area (Å²) in [4.78, 5) is 21.8. The molecule has 4 heterocycles. The van der Waals surface area contributed by atoms with E-state index in [9.17, 15) is 4.79 Å². The lowest BCUT2D eigenvalue weighted by molar-refractivity contribution is 0.0921. The SMILES string of the molecule is Cn1ccnc1SCc1ccc(C(=O)NCc2cn3ccsc3n2)o1. The number of amides is 1. The van der Waals surface area contributed by atoms with E-state index >= 15 is 0 Å². The van der Waals surface area contributed by atoms with Crippen LogP contribution in [0.25, 0.3) is 4.96 Å². The van der Waals surface area contributed by atoms with Crippen LogP contribution < -0.4 is 5.32 Å². The summed E-state index contributed by atoms with van der Waals surface area (Å²) in [6.45, 7) is 0.366. The normalized spacial score (nSPS) is 11.2. The van der Waals surface area contributed by atoms with Crippen molar-refractivity contribution in [3.63, 3.8) is 0 Å². The van der Waals surface area contributed by atoms with E-state index in [0.29, 0.717) is 18.1 Å². The van der Waals surface area contributed by atoms with E-state index < -0.39 is 0 Å². The van der Waals surface area contributed by atoms with Gasteiger partial charge in [-0.1, -0.05) is 11.8 Å². The minimum Gasteiger partial charge on any atom is -0.455 e. The van der Waals surface area contributed by atoms with Crippen molar-refractivity contribution in [2.45, 2.75) is 17.5 Å². The second kappa shape index (κ2) is 6.77. The van der Waals surface area contributed by atoms with E-state index in [4.69, 9.17) is 4.42 Å². The summed E-state index contributed by atoms with van der Waals surface area (Å²) in [5.74, 6) is 1.41. The van der Waals surface area contributed by atoms with E-state index in [1.165, 1.54) is 0 Å². The number of aromatic nitrogens is 4. The van der Waals surface area contributed by atoms with Crippen molar-refractivity contribution in [3.05, 3.63) is 59.5 Å². The zero-order chi connectivity index (χ0) is 17.2. The van der Waals surface area contributed by atoms with Gasteiger partial charge in [-0.25, -0.2) is 9.97 Å². The first kappa shape index (κ1) is 16.0. The summed E-state index contributed by atoms with van der Waals surface area (Å²) >= 11 is 3.12. The van der Waals surface area contributed by atoms with Crippen LogP contribution in [0, 0.1) is 0 Å². The third-order valence-electron chi connectivity index (χ3n) is 3.58. The van der Waals surface area contributed by atoms with Gasteiger partial charge in [-0.2, -0.15) is 0 Å². The molecule has 25 heavy (non-hydrogen) atoms. The molecule has 128 valence electrons. The van der Waals surface area contributed by atoms with Crippen LogP contribution in [-0.2, 0) is 19.3 Å². The number of carbonyl (C=O) groups is 1. The van der Waals surface area contributed by atoms with E-state index in [2.05, 4.69) is 15.3 Å². The molecule has 4 aromatic heterocycles. The maximum atomic E-state index is 12.2. The number of thioether (sulfide) groups is 1. The Morgan fingerprint density at radius 1 is 1.40 bits per heavy atom. The van der Waals surface area contributed by atoms with Gasteiger partial charge in [0.1, 0.15) is 5.76 Å². The van der Waals surface area contributed by atoms with Gasteiger partial charge >= 0.3 is 0 Å². The van der Waals surface area contributed by atoms with Crippen LogP contribution in [0.2, 0.25) is 0 Å². The molecule has 0 aliphatic carbocycles. The molecule has 0 atom stereocenters. The summed E-state index contributed by atoms with van der Waals surface area (Å²) in [5.41, 5.74) is 0.817. The Hall–Kier alpha value is -2.52. The van der Waals surface area contributed by atoms with Crippen molar-refractivity contribution < 1.29 is 9.21 Å². The predicted molar refractivity (Wildman–Crippen MR) is 95.7 cm³/mol. The largest absolute Gasteiger partial charge is 0.455 e. The van der Waals surface area contributed by atoms with Crippen LogP contribution in [0.4, 0.5) is 0 Å². The number of aryl methyl sites for hydroxylation is 1. The summed E-state index contributed by atoms with van der Waals surface area (Å²) in [5, 5.41) is 5.71. The van der Waals surface area contributed by atoms with Crippen molar-refractivity contribution in [1.29, 1.82) is 0 Å². The van der Waals surface area contributed by atoms with Crippen molar-refractivity contribution in [3.8, 4) is 0 Å². The lowest BCUT2D eigenvalue weighted by Crippen LogP contribution is -2.22. The van der Waals surface area contributed by atoms with Gasteiger partial charge in [-0.15, -0.1) is 11.3 Å². The molecule has 1 N–H and O–H groups in total. The minimum atomic E-state index is -0.246. The lowest BCUT2D eigenvalue weighted by Gasteiger charge is -2.01. The summed E-state index contributed by atoms with van der Waals surface area (Å²) in [7, 11) is 1.94. The molecule has 0 bridgehead atoms. The quantitative estimate of drug-likeness (QED) is 0.526. The molecule has 0 saturated carbocycles. The van der Waals surface area contributed by atoms with E-state index in [0.717, 1.165) is 21.6 Å². The number of furan rings is 1. The monoisotopic (exact) mass is 373 g/mol. The average Bonchev–Trinajstić information content (AvgIpc) is 3.35. The molecule has 7 nitrogen and oxygen atoms in total. The smallest absolute Gasteiger partial charge is 0.287 e. The first-order valence-electron chi connectivity index (χ1n) is 7.57. The zero-order valence-corrected chi connectivity index (χ0v) is 15.0. The summed E-state index contributed by atoms with van der Waals surface area (Å²) in [6.07, 6.45) is 7.49. The number of fused-ring (bicyclic) bond motifs is 1. The first-order valence-corrected chi connectivity index (χ1v) is 9.43. The molecule has 0 aliphatic heterocycles.